The molecule has 120 valence electrons. The molecule has 1 amide bonds. The molecule has 2 fully saturated rings. The molecule has 0 unspecified atom stereocenters. The summed E-state index contributed by atoms with van der Waals surface area (Å²) in [6, 6.07) is 10.7. The van der Waals surface area contributed by atoms with Crippen LogP contribution in [0.1, 0.15) is 44.6 Å². The molecule has 1 aliphatic carbocycles. The lowest BCUT2D eigenvalue weighted by atomic mass is 9.85. The van der Waals surface area contributed by atoms with Crippen molar-refractivity contribution in [1.82, 2.24) is 9.80 Å². The monoisotopic (exact) mass is 300 g/mol. The minimum atomic E-state index is 0.326. The van der Waals surface area contributed by atoms with Gasteiger partial charge in [-0.3, -0.25) is 4.79 Å². The lowest BCUT2D eigenvalue weighted by molar-refractivity contribution is -0.133. The molecule has 1 aromatic rings. The second kappa shape index (κ2) is 7.28. The van der Waals surface area contributed by atoms with E-state index in [1.54, 1.807) is 0 Å². The predicted molar refractivity (Wildman–Crippen MR) is 89.5 cm³/mol. The van der Waals surface area contributed by atoms with E-state index in [4.69, 9.17) is 0 Å². The largest absolute Gasteiger partial charge is 0.334 e. The fourth-order valence-corrected chi connectivity index (χ4v) is 3.64. The molecule has 1 aliphatic heterocycles. The molecule has 1 heterocycles. The van der Waals surface area contributed by atoms with Gasteiger partial charge in [-0.1, -0.05) is 43.7 Å². The number of amides is 1. The first-order chi connectivity index (χ1) is 10.8. The average Bonchev–Trinajstić information content (AvgIpc) is 2.65. The average molecular weight is 300 g/mol. The van der Waals surface area contributed by atoms with Crippen molar-refractivity contribution in [3.8, 4) is 0 Å². The number of hydrogen-bond donors (Lipinski definition) is 0. The molecule has 3 rings (SSSR count). The second-order valence-corrected chi connectivity index (χ2v) is 6.88. The number of benzene rings is 1. The van der Waals surface area contributed by atoms with Crippen molar-refractivity contribution in [3.63, 3.8) is 0 Å². The fraction of sp³-hybridized carbons (Fsp3) is 0.632. The lowest BCUT2D eigenvalue weighted by Crippen LogP contribution is -2.43. The van der Waals surface area contributed by atoms with E-state index < -0.39 is 0 Å². The molecule has 0 aromatic heterocycles. The van der Waals surface area contributed by atoms with Crippen molar-refractivity contribution in [3.05, 3.63) is 35.9 Å². The normalized spacial score (nSPS) is 24.1. The number of hydrogen-bond acceptors (Lipinski definition) is 2. The van der Waals surface area contributed by atoms with Crippen LogP contribution in [0.2, 0.25) is 0 Å². The Bertz CT molecular complexity index is 483. The van der Waals surface area contributed by atoms with Gasteiger partial charge in [0.05, 0.1) is 0 Å². The molecule has 0 spiro atoms. The molecule has 1 saturated heterocycles. The first-order valence-electron chi connectivity index (χ1n) is 8.82. The van der Waals surface area contributed by atoms with Crippen molar-refractivity contribution in [1.29, 1.82) is 0 Å². The van der Waals surface area contributed by atoms with Crippen LogP contribution in [0.15, 0.2) is 30.3 Å². The molecule has 2 aliphatic rings. The summed E-state index contributed by atoms with van der Waals surface area (Å²) in [7, 11) is 0. The van der Waals surface area contributed by atoms with Crippen LogP contribution in [0.4, 0.5) is 0 Å². The van der Waals surface area contributed by atoms with E-state index >= 15 is 0 Å². The quantitative estimate of drug-likeness (QED) is 0.833. The van der Waals surface area contributed by atoms with Crippen LogP contribution in [0, 0.1) is 5.92 Å². The van der Waals surface area contributed by atoms with E-state index in [1.165, 1.54) is 31.4 Å². The van der Waals surface area contributed by atoms with E-state index in [1.807, 2.05) is 6.07 Å². The Hall–Kier alpha value is -1.35. The first kappa shape index (κ1) is 15.5. The minimum absolute atomic E-state index is 0.326. The zero-order valence-electron chi connectivity index (χ0n) is 13.7. The zero-order valence-corrected chi connectivity index (χ0v) is 13.7. The number of carbonyl (C=O) groups excluding carboxylic acids is 1. The Morgan fingerprint density at radius 3 is 2.59 bits per heavy atom. The van der Waals surface area contributed by atoms with Crippen LogP contribution in [0.5, 0.6) is 0 Å². The Morgan fingerprint density at radius 2 is 1.95 bits per heavy atom. The molecule has 1 atom stereocenters. The van der Waals surface area contributed by atoms with Crippen LogP contribution in [0.3, 0.4) is 0 Å². The summed E-state index contributed by atoms with van der Waals surface area (Å²) in [5.41, 5.74) is 1.24. The highest BCUT2D eigenvalue weighted by molar-refractivity contribution is 5.77. The molecule has 0 N–H and O–H groups in total. The molecule has 22 heavy (non-hydrogen) atoms. The smallest absolute Gasteiger partial charge is 0.224 e. The molecule has 3 nitrogen and oxygen atoms in total. The molecular formula is C19H28N2O. The van der Waals surface area contributed by atoms with Crippen molar-refractivity contribution in [2.24, 2.45) is 5.92 Å². The molecule has 1 saturated carbocycles. The van der Waals surface area contributed by atoms with Crippen LogP contribution in [0.25, 0.3) is 0 Å². The van der Waals surface area contributed by atoms with Gasteiger partial charge in [-0.15, -0.1) is 0 Å². The standard InChI is InChI=1S/C19H28N2O/c1-2-18-15-20(13-16-9-6-10-16)12-11-19(22)21(18)14-17-7-4-3-5-8-17/h3-5,7-8,16,18H,2,6,9-15H2,1H3/t18-/m1/s1. The van der Waals surface area contributed by atoms with Gasteiger partial charge < -0.3 is 9.80 Å². The van der Waals surface area contributed by atoms with Crippen molar-refractivity contribution >= 4 is 5.91 Å². The van der Waals surface area contributed by atoms with Gasteiger partial charge in [-0.2, -0.15) is 0 Å². The van der Waals surface area contributed by atoms with Gasteiger partial charge in [-0.25, -0.2) is 0 Å². The Labute approximate surface area is 134 Å². The summed E-state index contributed by atoms with van der Waals surface area (Å²) < 4.78 is 0. The Kier molecular flexibility index (Phi) is 5.14. The van der Waals surface area contributed by atoms with Crippen molar-refractivity contribution in [2.75, 3.05) is 19.6 Å². The molecule has 1 aromatic carbocycles. The fourth-order valence-electron chi connectivity index (χ4n) is 3.64. The maximum atomic E-state index is 12.6. The van der Waals surface area contributed by atoms with E-state index in [9.17, 15) is 4.79 Å². The minimum Gasteiger partial charge on any atom is -0.334 e. The van der Waals surface area contributed by atoms with E-state index in [0.29, 0.717) is 18.4 Å². The SMILES string of the molecule is CC[C@@H]1CN(CC2CCC2)CCC(=O)N1Cc1ccccc1. The predicted octanol–water partition coefficient (Wildman–Crippen LogP) is 3.30. The molecule has 3 heteroatoms. The van der Waals surface area contributed by atoms with Gasteiger partial charge >= 0.3 is 0 Å². The zero-order chi connectivity index (χ0) is 15.4. The summed E-state index contributed by atoms with van der Waals surface area (Å²) in [5.74, 6) is 1.21. The van der Waals surface area contributed by atoms with Crippen LogP contribution in [-0.4, -0.2) is 41.4 Å². The van der Waals surface area contributed by atoms with Gasteiger partial charge in [-0.05, 0) is 30.7 Å². The highest BCUT2D eigenvalue weighted by Crippen LogP contribution is 2.28. The third-order valence-corrected chi connectivity index (χ3v) is 5.28. The number of carbonyl (C=O) groups is 1. The van der Waals surface area contributed by atoms with Crippen molar-refractivity contribution < 1.29 is 4.79 Å². The van der Waals surface area contributed by atoms with Gasteiger partial charge in [0, 0.05) is 38.6 Å². The maximum absolute atomic E-state index is 12.6. The molecule has 0 radical (unpaired) electrons. The van der Waals surface area contributed by atoms with E-state index in [0.717, 1.165) is 32.0 Å². The first-order valence-corrected chi connectivity index (χ1v) is 8.82. The second-order valence-electron chi connectivity index (χ2n) is 6.88. The number of nitrogens with zero attached hydrogens (tertiary/aromatic N) is 2. The van der Waals surface area contributed by atoms with Gasteiger partial charge in [0.2, 0.25) is 5.91 Å². The molecule has 0 bridgehead atoms. The maximum Gasteiger partial charge on any atom is 0.224 e. The summed E-state index contributed by atoms with van der Waals surface area (Å²) in [4.78, 5) is 17.3. The van der Waals surface area contributed by atoms with E-state index in [2.05, 4.69) is 41.0 Å². The van der Waals surface area contributed by atoms with Crippen LogP contribution in [-0.2, 0) is 11.3 Å². The summed E-state index contributed by atoms with van der Waals surface area (Å²) in [6.07, 6.45) is 5.88. The molecular weight excluding hydrogens is 272 g/mol. The van der Waals surface area contributed by atoms with Gasteiger partial charge in [0.15, 0.2) is 0 Å². The lowest BCUT2D eigenvalue weighted by Gasteiger charge is -2.34. The topological polar surface area (TPSA) is 23.6 Å². The highest BCUT2D eigenvalue weighted by atomic mass is 16.2. The third kappa shape index (κ3) is 3.70. The van der Waals surface area contributed by atoms with Gasteiger partial charge in [0.1, 0.15) is 0 Å². The summed E-state index contributed by atoms with van der Waals surface area (Å²) >= 11 is 0. The van der Waals surface area contributed by atoms with E-state index in [-0.39, 0.29) is 0 Å². The highest BCUT2D eigenvalue weighted by Gasteiger charge is 2.30. The summed E-state index contributed by atoms with van der Waals surface area (Å²) in [6.45, 7) is 6.16. The van der Waals surface area contributed by atoms with Gasteiger partial charge in [0.25, 0.3) is 0 Å². The Balaban J connectivity index is 1.67. The number of rotatable bonds is 5. The summed E-state index contributed by atoms with van der Waals surface area (Å²) in [5, 5.41) is 0. The van der Waals surface area contributed by atoms with Crippen LogP contribution < -0.4 is 0 Å². The Morgan fingerprint density at radius 1 is 1.18 bits per heavy atom. The third-order valence-electron chi connectivity index (χ3n) is 5.28. The van der Waals surface area contributed by atoms with Crippen LogP contribution >= 0.6 is 0 Å². The van der Waals surface area contributed by atoms with Crippen molar-refractivity contribution in [2.45, 2.75) is 51.6 Å².